The number of rotatable bonds is 4. The van der Waals surface area contributed by atoms with E-state index >= 15 is 0 Å². The molecule has 0 saturated heterocycles. The normalized spacial score (nSPS) is 13.8. The van der Waals surface area contributed by atoms with E-state index in [4.69, 9.17) is 4.11 Å². The molecule has 0 unspecified atom stereocenters. The van der Waals surface area contributed by atoms with Crippen molar-refractivity contribution in [2.75, 3.05) is 0 Å². The summed E-state index contributed by atoms with van der Waals surface area (Å²) >= 11 is 0. The van der Waals surface area contributed by atoms with Crippen molar-refractivity contribution in [1.29, 1.82) is 0 Å². The van der Waals surface area contributed by atoms with Crippen LogP contribution in [0.15, 0.2) is 54.7 Å². The highest BCUT2D eigenvalue weighted by Crippen LogP contribution is 2.34. The maximum atomic E-state index is 7.84. The van der Waals surface area contributed by atoms with Gasteiger partial charge in [-0.05, 0) is 29.8 Å². The van der Waals surface area contributed by atoms with Crippen LogP contribution < -0.4 is 0 Å². The zero-order valence-electron chi connectivity index (χ0n) is 17.7. The van der Waals surface area contributed by atoms with Crippen LogP contribution in [-0.2, 0) is 0 Å². The van der Waals surface area contributed by atoms with Crippen LogP contribution in [0.4, 0.5) is 0 Å². The van der Waals surface area contributed by atoms with E-state index in [0.29, 0.717) is 17.7 Å². The largest absolute Gasteiger partial charge is 0.299 e. The minimum absolute atomic E-state index is 0.120. The van der Waals surface area contributed by atoms with Crippen molar-refractivity contribution in [3.05, 3.63) is 71.5 Å². The summed E-state index contributed by atoms with van der Waals surface area (Å²) in [6, 6.07) is 16.1. The van der Waals surface area contributed by atoms with Crippen LogP contribution in [0.3, 0.4) is 0 Å². The highest BCUT2D eigenvalue weighted by Gasteiger charge is 2.19. The predicted octanol–water partition coefficient (Wildman–Crippen LogP) is 6.09. The Labute approximate surface area is 149 Å². The summed E-state index contributed by atoms with van der Waals surface area (Å²) < 4.78 is 25.5. The first kappa shape index (κ1) is 13.0. The van der Waals surface area contributed by atoms with Gasteiger partial charge in [-0.2, -0.15) is 0 Å². The van der Waals surface area contributed by atoms with Gasteiger partial charge in [0.2, 0.25) is 0 Å². The molecule has 0 aliphatic carbocycles. The zero-order chi connectivity index (χ0) is 19.8. The SMILES string of the molecule is [2H]C([2H])([2H])c1cn(-c2c(C(C)C)cccc2C(C)C)c(-c2ccccc2)n1. The second-order valence-corrected chi connectivity index (χ2v) is 6.78. The molecule has 3 rings (SSSR count). The Kier molecular flexibility index (Phi) is 3.60. The lowest BCUT2D eigenvalue weighted by atomic mass is 9.92. The van der Waals surface area contributed by atoms with Crippen LogP contribution in [0.5, 0.6) is 0 Å². The first-order valence-electron chi connectivity index (χ1n) is 9.98. The summed E-state index contributed by atoms with van der Waals surface area (Å²) in [5.41, 5.74) is 4.45. The van der Waals surface area contributed by atoms with Crippen molar-refractivity contribution in [2.45, 2.75) is 46.4 Å². The maximum Gasteiger partial charge on any atom is 0.144 e. The topological polar surface area (TPSA) is 17.8 Å². The fourth-order valence-electron chi connectivity index (χ4n) is 3.13. The van der Waals surface area contributed by atoms with E-state index < -0.39 is 6.85 Å². The second kappa shape index (κ2) is 6.64. The van der Waals surface area contributed by atoms with E-state index in [2.05, 4.69) is 50.9 Å². The highest BCUT2D eigenvalue weighted by atomic mass is 15.1. The standard InChI is InChI=1S/C22H26N2/c1-15(2)19-12-9-13-20(16(3)4)21(19)24-14-17(5)23-22(24)18-10-7-6-8-11-18/h6-16H,1-5H3/i5D3. The van der Waals surface area contributed by atoms with Crippen molar-refractivity contribution in [1.82, 2.24) is 9.55 Å². The lowest BCUT2D eigenvalue weighted by Gasteiger charge is -2.21. The molecule has 0 aliphatic rings. The summed E-state index contributed by atoms with van der Waals surface area (Å²) in [5, 5.41) is 0. The molecule has 124 valence electrons. The summed E-state index contributed by atoms with van der Waals surface area (Å²) in [5.74, 6) is 1.28. The van der Waals surface area contributed by atoms with Crippen LogP contribution in [0.2, 0.25) is 0 Å². The van der Waals surface area contributed by atoms with Gasteiger partial charge in [0.25, 0.3) is 0 Å². The minimum atomic E-state index is -2.25. The zero-order valence-corrected chi connectivity index (χ0v) is 14.7. The summed E-state index contributed by atoms with van der Waals surface area (Å²) in [6.07, 6.45) is 1.68. The molecule has 0 amide bonds. The summed E-state index contributed by atoms with van der Waals surface area (Å²) in [6.45, 7) is 6.39. The van der Waals surface area contributed by atoms with E-state index in [0.717, 1.165) is 11.3 Å². The fourth-order valence-corrected chi connectivity index (χ4v) is 3.13. The third-order valence-corrected chi connectivity index (χ3v) is 4.32. The molecule has 0 spiro atoms. The van der Waals surface area contributed by atoms with Crippen molar-refractivity contribution < 1.29 is 4.11 Å². The monoisotopic (exact) mass is 321 g/mol. The third-order valence-electron chi connectivity index (χ3n) is 4.32. The number of para-hydroxylation sites is 1. The second-order valence-electron chi connectivity index (χ2n) is 6.78. The number of hydrogen-bond donors (Lipinski definition) is 0. The molecule has 0 bridgehead atoms. The van der Waals surface area contributed by atoms with Gasteiger partial charge in [-0.1, -0.05) is 76.2 Å². The molecular weight excluding hydrogens is 292 g/mol. The van der Waals surface area contributed by atoms with E-state index in [1.807, 2.05) is 34.9 Å². The van der Waals surface area contributed by atoms with E-state index in [9.17, 15) is 0 Å². The smallest absolute Gasteiger partial charge is 0.144 e. The molecule has 2 heteroatoms. The number of nitrogens with zero attached hydrogens (tertiary/aromatic N) is 2. The number of aromatic nitrogens is 2. The molecule has 0 fully saturated rings. The van der Waals surface area contributed by atoms with Crippen molar-refractivity contribution >= 4 is 0 Å². The van der Waals surface area contributed by atoms with Gasteiger partial charge < -0.3 is 0 Å². The first-order chi connectivity index (χ1) is 12.7. The van der Waals surface area contributed by atoms with Crippen LogP contribution >= 0.6 is 0 Å². The number of aryl methyl sites for hydroxylation is 1. The Morgan fingerprint density at radius 3 is 2.04 bits per heavy atom. The van der Waals surface area contributed by atoms with Crippen LogP contribution in [0.1, 0.15) is 60.5 Å². The predicted molar refractivity (Wildman–Crippen MR) is 102 cm³/mol. The van der Waals surface area contributed by atoms with Crippen LogP contribution in [0, 0.1) is 6.85 Å². The van der Waals surface area contributed by atoms with Gasteiger partial charge in [-0.3, -0.25) is 4.57 Å². The van der Waals surface area contributed by atoms with Gasteiger partial charge in [0, 0.05) is 15.9 Å². The lowest BCUT2D eigenvalue weighted by Crippen LogP contribution is -2.07. The quantitative estimate of drug-likeness (QED) is 0.568. The molecule has 3 aromatic rings. The Morgan fingerprint density at radius 1 is 0.875 bits per heavy atom. The number of hydrogen-bond acceptors (Lipinski definition) is 1. The fraction of sp³-hybridized carbons (Fsp3) is 0.318. The average Bonchev–Trinajstić information content (AvgIpc) is 3.07. The number of imidazole rings is 1. The highest BCUT2D eigenvalue weighted by molar-refractivity contribution is 5.62. The summed E-state index contributed by atoms with van der Waals surface area (Å²) in [4.78, 5) is 4.53. The van der Waals surface area contributed by atoms with Crippen molar-refractivity contribution in [3.8, 4) is 17.1 Å². The molecule has 2 nitrogen and oxygen atoms in total. The summed E-state index contributed by atoms with van der Waals surface area (Å²) in [7, 11) is 0. The Hall–Kier alpha value is -2.35. The third kappa shape index (κ3) is 3.01. The van der Waals surface area contributed by atoms with Gasteiger partial charge in [0.05, 0.1) is 11.4 Å². The van der Waals surface area contributed by atoms with Crippen molar-refractivity contribution in [3.63, 3.8) is 0 Å². The van der Waals surface area contributed by atoms with E-state index in [-0.39, 0.29) is 5.69 Å². The minimum Gasteiger partial charge on any atom is -0.299 e. The van der Waals surface area contributed by atoms with Gasteiger partial charge in [0.15, 0.2) is 0 Å². The average molecular weight is 321 g/mol. The Morgan fingerprint density at radius 2 is 1.50 bits per heavy atom. The van der Waals surface area contributed by atoms with Gasteiger partial charge in [-0.25, -0.2) is 4.98 Å². The van der Waals surface area contributed by atoms with Crippen LogP contribution in [0.25, 0.3) is 17.1 Å². The van der Waals surface area contributed by atoms with Gasteiger partial charge in [-0.15, -0.1) is 0 Å². The molecule has 0 saturated carbocycles. The molecule has 1 heterocycles. The molecular formula is C22H26N2. The lowest BCUT2D eigenvalue weighted by molar-refractivity contribution is 0.806. The van der Waals surface area contributed by atoms with Crippen LogP contribution in [-0.4, -0.2) is 9.55 Å². The van der Waals surface area contributed by atoms with Gasteiger partial charge >= 0.3 is 0 Å². The first-order valence-corrected chi connectivity index (χ1v) is 8.48. The van der Waals surface area contributed by atoms with E-state index in [1.54, 1.807) is 6.20 Å². The maximum absolute atomic E-state index is 7.84. The number of benzene rings is 2. The van der Waals surface area contributed by atoms with E-state index in [1.165, 1.54) is 11.1 Å². The molecule has 0 atom stereocenters. The molecule has 0 N–H and O–H groups in total. The van der Waals surface area contributed by atoms with Gasteiger partial charge in [0.1, 0.15) is 5.82 Å². The van der Waals surface area contributed by atoms with Crippen molar-refractivity contribution in [2.24, 2.45) is 0 Å². The Bertz CT molecular complexity index is 896. The molecule has 2 aromatic carbocycles. The molecule has 24 heavy (non-hydrogen) atoms. The molecule has 0 aliphatic heterocycles. The molecule has 0 radical (unpaired) electrons. The molecule has 1 aromatic heterocycles. The Balaban J connectivity index is 2.37.